The SMILES string of the molecule is CCC1=C(CC)C2(C=CCc3ccccc32)C(CC)=C1CC. The molecule has 0 aliphatic heterocycles. The molecule has 0 heteroatoms. The Hall–Kier alpha value is -1.56. The Morgan fingerprint density at radius 1 is 0.818 bits per heavy atom. The van der Waals surface area contributed by atoms with E-state index in [2.05, 4.69) is 64.1 Å². The average molecular weight is 292 g/mol. The molecule has 3 rings (SSSR count). The second-order valence-corrected chi connectivity index (χ2v) is 6.40. The highest BCUT2D eigenvalue weighted by Gasteiger charge is 2.45. The van der Waals surface area contributed by atoms with Crippen molar-refractivity contribution in [1.29, 1.82) is 0 Å². The molecule has 1 spiro atoms. The van der Waals surface area contributed by atoms with E-state index in [-0.39, 0.29) is 5.41 Å². The summed E-state index contributed by atoms with van der Waals surface area (Å²) in [6.07, 6.45) is 10.6. The molecule has 0 atom stereocenters. The number of allylic oxidation sites excluding steroid dienone is 6. The molecule has 0 bridgehead atoms. The lowest BCUT2D eigenvalue weighted by Crippen LogP contribution is -2.30. The summed E-state index contributed by atoms with van der Waals surface area (Å²) < 4.78 is 0. The van der Waals surface area contributed by atoms with E-state index >= 15 is 0 Å². The molecule has 1 aromatic rings. The van der Waals surface area contributed by atoms with E-state index in [4.69, 9.17) is 0 Å². The van der Waals surface area contributed by atoms with Gasteiger partial charge in [-0.25, -0.2) is 0 Å². The highest BCUT2D eigenvalue weighted by molar-refractivity contribution is 5.67. The smallest absolute Gasteiger partial charge is 0.0566 e. The molecular weight excluding hydrogens is 264 g/mol. The van der Waals surface area contributed by atoms with Gasteiger partial charge in [-0.2, -0.15) is 0 Å². The molecule has 1 aromatic carbocycles. The maximum atomic E-state index is 2.52. The van der Waals surface area contributed by atoms with E-state index in [1.165, 1.54) is 5.56 Å². The summed E-state index contributed by atoms with van der Waals surface area (Å²) >= 11 is 0. The molecule has 0 aromatic heterocycles. The van der Waals surface area contributed by atoms with E-state index in [0.717, 1.165) is 32.1 Å². The highest BCUT2D eigenvalue weighted by atomic mass is 14.5. The first kappa shape index (κ1) is 15.3. The van der Waals surface area contributed by atoms with Gasteiger partial charge in [-0.15, -0.1) is 0 Å². The number of benzene rings is 1. The Morgan fingerprint density at radius 2 is 1.41 bits per heavy atom. The maximum absolute atomic E-state index is 2.52. The van der Waals surface area contributed by atoms with Gasteiger partial charge in [0, 0.05) is 0 Å². The van der Waals surface area contributed by atoms with Gasteiger partial charge >= 0.3 is 0 Å². The quantitative estimate of drug-likeness (QED) is 0.573. The largest absolute Gasteiger partial charge is 0.0826 e. The van der Waals surface area contributed by atoms with E-state index in [1.54, 1.807) is 27.9 Å². The van der Waals surface area contributed by atoms with Crippen LogP contribution in [0.15, 0.2) is 58.7 Å². The molecule has 2 aliphatic rings. The first-order valence-electron chi connectivity index (χ1n) is 8.95. The van der Waals surface area contributed by atoms with Crippen molar-refractivity contribution in [2.75, 3.05) is 0 Å². The Morgan fingerprint density at radius 3 is 1.95 bits per heavy atom. The zero-order valence-corrected chi connectivity index (χ0v) is 14.5. The van der Waals surface area contributed by atoms with Gasteiger partial charge in [0.25, 0.3) is 0 Å². The van der Waals surface area contributed by atoms with Gasteiger partial charge in [0.15, 0.2) is 0 Å². The van der Waals surface area contributed by atoms with Crippen LogP contribution in [0.4, 0.5) is 0 Å². The van der Waals surface area contributed by atoms with Crippen molar-refractivity contribution in [1.82, 2.24) is 0 Å². The van der Waals surface area contributed by atoms with Crippen molar-refractivity contribution in [2.24, 2.45) is 0 Å². The topological polar surface area (TPSA) is 0 Å². The fourth-order valence-corrected chi connectivity index (χ4v) is 4.92. The second-order valence-electron chi connectivity index (χ2n) is 6.40. The second kappa shape index (κ2) is 5.91. The third-order valence-corrected chi connectivity index (χ3v) is 5.61. The molecule has 0 heterocycles. The van der Waals surface area contributed by atoms with Gasteiger partial charge in [-0.1, -0.05) is 64.1 Å². The van der Waals surface area contributed by atoms with Crippen LogP contribution >= 0.6 is 0 Å². The molecule has 0 saturated heterocycles. The molecule has 0 nitrogen and oxygen atoms in total. The van der Waals surface area contributed by atoms with Crippen LogP contribution in [0.3, 0.4) is 0 Å². The third-order valence-electron chi connectivity index (χ3n) is 5.61. The lowest BCUT2D eigenvalue weighted by molar-refractivity contribution is 0.668. The first-order chi connectivity index (χ1) is 10.7. The monoisotopic (exact) mass is 292 g/mol. The lowest BCUT2D eigenvalue weighted by atomic mass is 9.65. The highest BCUT2D eigenvalue weighted by Crippen LogP contribution is 2.55. The Kier molecular flexibility index (Phi) is 4.12. The van der Waals surface area contributed by atoms with Crippen molar-refractivity contribution >= 4 is 0 Å². The summed E-state index contributed by atoms with van der Waals surface area (Å²) in [7, 11) is 0. The average Bonchev–Trinajstić information content (AvgIpc) is 2.83. The van der Waals surface area contributed by atoms with Gasteiger partial charge in [0.05, 0.1) is 5.41 Å². The van der Waals surface area contributed by atoms with E-state index in [9.17, 15) is 0 Å². The van der Waals surface area contributed by atoms with Gasteiger partial charge in [0.2, 0.25) is 0 Å². The van der Waals surface area contributed by atoms with Crippen LogP contribution in [-0.2, 0) is 11.8 Å². The predicted molar refractivity (Wildman–Crippen MR) is 96.2 cm³/mol. The Labute approximate surface area is 135 Å². The first-order valence-corrected chi connectivity index (χ1v) is 8.95. The summed E-state index contributed by atoms with van der Waals surface area (Å²) in [5.41, 5.74) is 9.72. The van der Waals surface area contributed by atoms with Crippen LogP contribution in [0.5, 0.6) is 0 Å². The molecule has 0 N–H and O–H groups in total. The predicted octanol–water partition coefficient (Wildman–Crippen LogP) is 6.28. The van der Waals surface area contributed by atoms with Crippen molar-refractivity contribution in [3.05, 3.63) is 69.8 Å². The van der Waals surface area contributed by atoms with E-state index in [0.29, 0.717) is 0 Å². The van der Waals surface area contributed by atoms with E-state index < -0.39 is 0 Å². The van der Waals surface area contributed by atoms with Crippen molar-refractivity contribution in [3.63, 3.8) is 0 Å². The van der Waals surface area contributed by atoms with Gasteiger partial charge in [-0.05, 0) is 65.5 Å². The Bertz CT molecular complexity index is 639. The molecular formula is C22H28. The minimum atomic E-state index is 0.0645. The lowest BCUT2D eigenvalue weighted by Gasteiger charge is -2.37. The van der Waals surface area contributed by atoms with Crippen LogP contribution in [0.2, 0.25) is 0 Å². The summed E-state index contributed by atoms with van der Waals surface area (Å²) in [6.45, 7) is 9.32. The molecule has 0 radical (unpaired) electrons. The van der Waals surface area contributed by atoms with Crippen LogP contribution in [0.25, 0.3) is 0 Å². The summed E-state index contributed by atoms with van der Waals surface area (Å²) in [4.78, 5) is 0. The number of rotatable bonds is 4. The molecule has 0 saturated carbocycles. The molecule has 116 valence electrons. The van der Waals surface area contributed by atoms with Gasteiger partial charge < -0.3 is 0 Å². The normalized spacial score (nSPS) is 19.3. The molecule has 0 fully saturated rings. The molecule has 2 aliphatic carbocycles. The molecule has 0 amide bonds. The van der Waals surface area contributed by atoms with Crippen LogP contribution in [0, 0.1) is 0 Å². The van der Waals surface area contributed by atoms with Gasteiger partial charge in [-0.3, -0.25) is 0 Å². The zero-order chi connectivity index (χ0) is 15.7. The minimum Gasteiger partial charge on any atom is -0.0826 e. The molecule has 0 unspecified atom stereocenters. The van der Waals surface area contributed by atoms with Crippen LogP contribution in [-0.4, -0.2) is 0 Å². The third kappa shape index (κ3) is 1.89. The fraction of sp³-hybridized carbons (Fsp3) is 0.455. The van der Waals surface area contributed by atoms with E-state index in [1.807, 2.05) is 0 Å². The van der Waals surface area contributed by atoms with Crippen molar-refractivity contribution in [3.8, 4) is 0 Å². The van der Waals surface area contributed by atoms with Crippen molar-refractivity contribution < 1.29 is 0 Å². The zero-order valence-electron chi connectivity index (χ0n) is 14.5. The fourth-order valence-electron chi connectivity index (χ4n) is 4.92. The molecule has 22 heavy (non-hydrogen) atoms. The maximum Gasteiger partial charge on any atom is 0.0566 e. The Balaban J connectivity index is 2.36. The van der Waals surface area contributed by atoms with Crippen molar-refractivity contribution in [2.45, 2.75) is 65.2 Å². The van der Waals surface area contributed by atoms with Crippen LogP contribution < -0.4 is 0 Å². The number of fused-ring (bicyclic) bond motifs is 2. The van der Waals surface area contributed by atoms with Crippen LogP contribution in [0.1, 0.15) is 64.5 Å². The standard InChI is InChI=1S/C22H28/c1-5-17-18(6-2)20(8-4)22(19(17)7-3)15-11-13-16-12-9-10-14-21(16)22/h9-12,14-15H,5-8,13H2,1-4H3. The summed E-state index contributed by atoms with van der Waals surface area (Å²) in [5.74, 6) is 0. The minimum absolute atomic E-state index is 0.0645. The van der Waals surface area contributed by atoms with Gasteiger partial charge in [0.1, 0.15) is 0 Å². The number of hydrogen-bond donors (Lipinski definition) is 0. The number of hydrogen-bond acceptors (Lipinski definition) is 0. The summed E-state index contributed by atoms with van der Waals surface area (Å²) in [6, 6.07) is 9.09. The summed E-state index contributed by atoms with van der Waals surface area (Å²) in [5, 5.41) is 0.